The summed E-state index contributed by atoms with van der Waals surface area (Å²) < 4.78 is 5.81. The number of rotatable bonds is 7. The first-order valence-electron chi connectivity index (χ1n) is 10.7. The zero-order chi connectivity index (χ0) is 21.2. The average molecular weight is 411 g/mol. The number of nitrogens with one attached hydrogen (secondary N) is 2. The molecular formula is C20H38N6O3. The van der Waals surface area contributed by atoms with Gasteiger partial charge in [-0.1, -0.05) is 0 Å². The van der Waals surface area contributed by atoms with Crippen molar-refractivity contribution >= 4 is 17.8 Å². The fourth-order valence-electron chi connectivity index (χ4n) is 3.41. The minimum absolute atomic E-state index is 0.0257. The van der Waals surface area contributed by atoms with Crippen LogP contribution in [-0.2, 0) is 14.3 Å². The normalized spacial score (nSPS) is 21.2. The Morgan fingerprint density at radius 1 is 1.17 bits per heavy atom. The lowest BCUT2D eigenvalue weighted by molar-refractivity contribution is -0.127. The monoisotopic (exact) mass is 410 g/mol. The average Bonchev–Trinajstić information content (AvgIpc) is 2.68. The highest BCUT2D eigenvalue weighted by molar-refractivity contribution is 5.85. The largest absolute Gasteiger partial charge is 0.376 e. The summed E-state index contributed by atoms with van der Waals surface area (Å²) in [4.78, 5) is 34.4. The smallest absolute Gasteiger partial charge is 0.243 e. The van der Waals surface area contributed by atoms with Crippen LogP contribution in [0.3, 0.4) is 0 Å². The van der Waals surface area contributed by atoms with Crippen LogP contribution < -0.4 is 10.6 Å². The van der Waals surface area contributed by atoms with Gasteiger partial charge in [0, 0.05) is 59.5 Å². The number of likely N-dealkylation sites (N-methyl/N-ethyl adjacent to an activating group) is 1. The van der Waals surface area contributed by atoms with E-state index in [1.165, 1.54) is 6.42 Å². The zero-order valence-corrected chi connectivity index (χ0v) is 18.4. The minimum Gasteiger partial charge on any atom is -0.376 e. The van der Waals surface area contributed by atoms with Crippen LogP contribution in [0.4, 0.5) is 0 Å². The quantitative estimate of drug-likeness (QED) is 0.444. The number of aliphatic imine (C=N–C) groups is 1. The van der Waals surface area contributed by atoms with Crippen LogP contribution >= 0.6 is 0 Å². The molecule has 2 rings (SSSR count). The Morgan fingerprint density at radius 2 is 1.90 bits per heavy atom. The first-order valence-corrected chi connectivity index (χ1v) is 10.7. The van der Waals surface area contributed by atoms with Crippen LogP contribution in [0.5, 0.6) is 0 Å². The molecule has 166 valence electrons. The second-order valence-corrected chi connectivity index (χ2v) is 8.28. The SMILES string of the molecule is CC(C)NC(=O)CN1CCN(C(=NCC(=O)N(C)C)NCC2CCCCO2)CC1. The lowest BCUT2D eigenvalue weighted by Gasteiger charge is -2.37. The highest BCUT2D eigenvalue weighted by atomic mass is 16.5. The molecule has 2 heterocycles. The van der Waals surface area contributed by atoms with Gasteiger partial charge in [-0.3, -0.25) is 14.5 Å². The molecule has 2 amide bonds. The molecule has 0 radical (unpaired) electrons. The Kier molecular flexibility index (Phi) is 9.66. The number of carbonyl (C=O) groups is 2. The van der Waals surface area contributed by atoms with Crippen molar-refractivity contribution < 1.29 is 14.3 Å². The second-order valence-electron chi connectivity index (χ2n) is 8.28. The highest BCUT2D eigenvalue weighted by Crippen LogP contribution is 2.12. The Labute approximate surface area is 174 Å². The van der Waals surface area contributed by atoms with Crippen LogP contribution in [-0.4, -0.2) is 111 Å². The second kappa shape index (κ2) is 12.0. The van der Waals surface area contributed by atoms with E-state index in [-0.39, 0.29) is 30.5 Å². The Balaban J connectivity index is 1.89. The summed E-state index contributed by atoms with van der Waals surface area (Å²) in [5.74, 6) is 0.786. The molecule has 0 bridgehead atoms. The van der Waals surface area contributed by atoms with E-state index in [1.54, 1.807) is 19.0 Å². The Bertz CT molecular complexity index is 552. The lowest BCUT2D eigenvalue weighted by atomic mass is 10.1. The fourth-order valence-corrected chi connectivity index (χ4v) is 3.41. The third-order valence-electron chi connectivity index (χ3n) is 5.11. The number of ether oxygens (including phenoxy) is 1. The van der Waals surface area contributed by atoms with E-state index >= 15 is 0 Å². The van der Waals surface area contributed by atoms with Crippen molar-refractivity contribution in [2.24, 2.45) is 4.99 Å². The van der Waals surface area contributed by atoms with Crippen molar-refractivity contribution in [3.63, 3.8) is 0 Å². The molecule has 29 heavy (non-hydrogen) atoms. The summed E-state index contributed by atoms with van der Waals surface area (Å²) in [5, 5.41) is 6.36. The molecule has 2 saturated heterocycles. The summed E-state index contributed by atoms with van der Waals surface area (Å²) in [6.45, 7) is 9.09. The van der Waals surface area contributed by atoms with E-state index in [0.29, 0.717) is 13.1 Å². The molecule has 2 aliphatic rings. The van der Waals surface area contributed by atoms with Gasteiger partial charge in [0.2, 0.25) is 11.8 Å². The van der Waals surface area contributed by atoms with E-state index in [4.69, 9.17) is 4.74 Å². The van der Waals surface area contributed by atoms with Gasteiger partial charge in [-0.25, -0.2) is 4.99 Å². The van der Waals surface area contributed by atoms with Crippen LogP contribution in [0.2, 0.25) is 0 Å². The van der Waals surface area contributed by atoms with Gasteiger partial charge in [0.25, 0.3) is 0 Å². The number of carbonyl (C=O) groups excluding carboxylic acids is 2. The number of amides is 2. The standard InChI is InChI=1S/C20H38N6O3/c1-16(2)23-18(27)15-25-8-10-26(11-9-25)20(22-14-19(28)24(3)4)21-13-17-7-5-6-12-29-17/h16-17H,5-15H2,1-4H3,(H,21,22)(H,23,27). The maximum Gasteiger partial charge on any atom is 0.243 e. The molecule has 2 aliphatic heterocycles. The summed E-state index contributed by atoms with van der Waals surface area (Å²) in [5.41, 5.74) is 0. The lowest BCUT2D eigenvalue weighted by Crippen LogP contribution is -2.55. The van der Waals surface area contributed by atoms with E-state index in [0.717, 1.165) is 51.6 Å². The Hall–Kier alpha value is -1.87. The molecule has 0 aromatic carbocycles. The summed E-state index contributed by atoms with van der Waals surface area (Å²) in [6.07, 6.45) is 3.56. The summed E-state index contributed by atoms with van der Waals surface area (Å²) in [6, 6.07) is 0.156. The van der Waals surface area contributed by atoms with E-state index < -0.39 is 0 Å². The fraction of sp³-hybridized carbons (Fsp3) is 0.850. The molecule has 1 atom stereocenters. The molecule has 9 nitrogen and oxygen atoms in total. The zero-order valence-electron chi connectivity index (χ0n) is 18.4. The molecule has 0 aromatic rings. The molecule has 0 aromatic heterocycles. The molecule has 0 spiro atoms. The topological polar surface area (TPSA) is 89.5 Å². The molecule has 9 heteroatoms. The highest BCUT2D eigenvalue weighted by Gasteiger charge is 2.23. The van der Waals surface area contributed by atoms with Crippen molar-refractivity contribution in [3.8, 4) is 0 Å². The predicted molar refractivity (Wildman–Crippen MR) is 114 cm³/mol. The number of nitrogens with zero attached hydrogens (tertiary/aromatic N) is 4. The molecule has 2 fully saturated rings. The van der Waals surface area contributed by atoms with Gasteiger partial charge in [0.05, 0.1) is 12.6 Å². The van der Waals surface area contributed by atoms with Crippen molar-refractivity contribution in [1.29, 1.82) is 0 Å². The van der Waals surface area contributed by atoms with Crippen molar-refractivity contribution in [1.82, 2.24) is 25.3 Å². The van der Waals surface area contributed by atoms with E-state index in [2.05, 4.69) is 25.4 Å². The van der Waals surface area contributed by atoms with Crippen molar-refractivity contribution in [2.45, 2.75) is 45.3 Å². The maximum absolute atomic E-state index is 12.0. The van der Waals surface area contributed by atoms with Gasteiger partial charge in [-0.05, 0) is 33.1 Å². The molecular weight excluding hydrogens is 372 g/mol. The first kappa shape index (κ1) is 23.4. The number of piperazine rings is 1. The molecule has 1 unspecified atom stereocenters. The van der Waals surface area contributed by atoms with Crippen molar-refractivity contribution in [2.75, 3.05) is 66.5 Å². The number of hydrogen-bond acceptors (Lipinski definition) is 5. The molecule has 2 N–H and O–H groups in total. The maximum atomic E-state index is 12.0. The van der Waals surface area contributed by atoms with Gasteiger partial charge in [-0.15, -0.1) is 0 Å². The summed E-state index contributed by atoms with van der Waals surface area (Å²) >= 11 is 0. The third-order valence-corrected chi connectivity index (χ3v) is 5.11. The molecule has 0 saturated carbocycles. The third kappa shape index (κ3) is 8.57. The van der Waals surface area contributed by atoms with Crippen LogP contribution in [0, 0.1) is 0 Å². The predicted octanol–water partition coefficient (Wildman–Crippen LogP) is -0.268. The molecule has 0 aliphatic carbocycles. The summed E-state index contributed by atoms with van der Waals surface area (Å²) in [7, 11) is 3.48. The van der Waals surface area contributed by atoms with Gasteiger partial charge in [0.15, 0.2) is 5.96 Å². The van der Waals surface area contributed by atoms with Gasteiger partial charge in [-0.2, -0.15) is 0 Å². The van der Waals surface area contributed by atoms with Crippen LogP contribution in [0.15, 0.2) is 4.99 Å². The Morgan fingerprint density at radius 3 is 2.48 bits per heavy atom. The van der Waals surface area contributed by atoms with Gasteiger partial charge in [0.1, 0.15) is 6.54 Å². The minimum atomic E-state index is -0.0257. The number of hydrogen-bond donors (Lipinski definition) is 2. The van der Waals surface area contributed by atoms with E-state index in [9.17, 15) is 9.59 Å². The number of guanidine groups is 1. The van der Waals surface area contributed by atoms with Gasteiger partial charge >= 0.3 is 0 Å². The van der Waals surface area contributed by atoms with Crippen LogP contribution in [0.1, 0.15) is 33.1 Å². The van der Waals surface area contributed by atoms with Crippen molar-refractivity contribution in [3.05, 3.63) is 0 Å². The van der Waals surface area contributed by atoms with E-state index in [1.807, 2.05) is 13.8 Å². The van der Waals surface area contributed by atoms with Crippen LogP contribution in [0.25, 0.3) is 0 Å². The first-order chi connectivity index (χ1) is 13.8. The van der Waals surface area contributed by atoms with Gasteiger partial charge < -0.3 is 25.2 Å².